The zero-order valence-corrected chi connectivity index (χ0v) is 39.8. The predicted molar refractivity (Wildman–Crippen MR) is 272 cm³/mol. The molecule has 6 N–H and O–H groups in total. The molecule has 6 amide bonds. The molecular formula is C54H48N6O12. The van der Waals surface area contributed by atoms with E-state index in [9.17, 15) is 0 Å². The van der Waals surface area contributed by atoms with E-state index >= 15 is 28.8 Å². The summed E-state index contributed by atoms with van der Waals surface area (Å²) in [5, 5.41) is 16.3. The molecule has 0 spiro atoms. The Bertz CT molecular complexity index is 2540. The van der Waals surface area contributed by atoms with Gasteiger partial charge in [0, 0.05) is 34.1 Å². The lowest BCUT2D eigenvalue weighted by atomic mass is 9.83. The number of carbonyl (C=O) groups is 6. The van der Waals surface area contributed by atoms with Crippen LogP contribution < -0.4 is 60.3 Å². The zero-order valence-electron chi connectivity index (χ0n) is 39.8. The first kappa shape index (κ1) is 50.0. The van der Waals surface area contributed by atoms with Crippen LogP contribution in [0.1, 0.15) is 62.1 Å². The highest BCUT2D eigenvalue weighted by molar-refractivity contribution is 6.33. The first-order valence-corrected chi connectivity index (χ1v) is 21.8. The van der Waals surface area contributed by atoms with Crippen molar-refractivity contribution in [3.05, 3.63) is 179 Å². The molecule has 0 heterocycles. The van der Waals surface area contributed by atoms with Gasteiger partial charge in [-0.15, -0.1) is 0 Å². The molecule has 0 aliphatic rings. The maximum Gasteiger partial charge on any atom is 0.257 e. The van der Waals surface area contributed by atoms with Crippen LogP contribution in [0.4, 0.5) is 34.1 Å². The number of carbonyl (C=O) groups excluding carboxylic acids is 6. The molecule has 72 heavy (non-hydrogen) atoms. The van der Waals surface area contributed by atoms with E-state index in [1.807, 2.05) is 0 Å². The number of rotatable bonds is 18. The summed E-state index contributed by atoms with van der Waals surface area (Å²) in [5.74, 6) is -4.20. The lowest BCUT2D eigenvalue weighted by Crippen LogP contribution is -2.36. The van der Waals surface area contributed by atoms with E-state index in [-0.39, 0.29) is 34.1 Å². The van der Waals surface area contributed by atoms with Gasteiger partial charge in [0.05, 0.1) is 76.0 Å². The highest BCUT2D eigenvalue weighted by atomic mass is 16.5. The van der Waals surface area contributed by atoms with Crippen LogP contribution in [0.25, 0.3) is 0 Å². The van der Waals surface area contributed by atoms with Crippen molar-refractivity contribution in [2.24, 2.45) is 0 Å². The Morgan fingerprint density at radius 2 is 0.333 bits per heavy atom. The summed E-state index contributed by atoms with van der Waals surface area (Å²) in [5.41, 5.74) is -3.74. The lowest BCUT2D eigenvalue weighted by Gasteiger charge is -2.25. The van der Waals surface area contributed by atoms with Gasteiger partial charge in [-0.25, -0.2) is 0 Å². The second kappa shape index (κ2) is 23.0. The SMILES string of the molecule is COc1ccc(NC(=O)c2c(C(=O)Nc3ccc(OC)cc3)c(C(=O)Nc3ccc(OC)cc3)c(C(=O)Nc3ccc(OC)cc3)c(C(=O)Nc3ccc(OC)cc3)c2C(=O)Nc2ccc(OC)cc2)cc1. The zero-order chi connectivity index (χ0) is 51.3. The van der Waals surface area contributed by atoms with Crippen LogP contribution in [-0.2, 0) is 0 Å². The molecule has 7 aromatic carbocycles. The van der Waals surface area contributed by atoms with Gasteiger partial charge in [-0.3, -0.25) is 28.8 Å². The smallest absolute Gasteiger partial charge is 0.257 e. The quantitative estimate of drug-likeness (QED) is 0.0473. The fourth-order valence-electron chi connectivity index (χ4n) is 7.32. The van der Waals surface area contributed by atoms with Gasteiger partial charge >= 0.3 is 0 Å². The van der Waals surface area contributed by atoms with Gasteiger partial charge in [-0.05, 0) is 146 Å². The minimum absolute atomic E-state index is 0.151. The number of hydrogen-bond acceptors (Lipinski definition) is 12. The molecular weight excluding hydrogens is 925 g/mol. The lowest BCUT2D eigenvalue weighted by molar-refractivity contribution is 0.0949. The van der Waals surface area contributed by atoms with Crippen LogP contribution >= 0.6 is 0 Å². The molecule has 7 rings (SSSR count). The van der Waals surface area contributed by atoms with Crippen molar-refractivity contribution in [3.63, 3.8) is 0 Å². The van der Waals surface area contributed by atoms with Gasteiger partial charge in [-0.2, -0.15) is 0 Å². The van der Waals surface area contributed by atoms with Gasteiger partial charge in [0.2, 0.25) is 0 Å². The standard InChI is InChI=1S/C54H48N6O12/c1-67-37-19-7-31(8-20-37)55-49(61)43-44(50(62)56-32-9-21-38(68-2)22-10-32)46(52(64)58-34-13-25-40(70-4)26-14-34)48(54(66)60-36-17-29-42(72-6)30-18-36)47(53(65)59-35-15-27-41(71-5)28-16-35)45(43)51(63)57-33-11-23-39(69-3)24-12-33/h7-30H,1-6H3,(H,55,61)(H,56,62)(H,57,63)(H,58,64)(H,59,65)(H,60,66). The number of ether oxygens (including phenoxy) is 6. The van der Waals surface area contributed by atoms with E-state index in [1.165, 1.54) is 115 Å². The summed E-state index contributed by atoms with van der Waals surface area (Å²) in [6, 6.07) is 36.6. The number of methoxy groups -OCH3 is 6. The molecule has 0 atom stereocenters. The minimum atomic E-state index is -1.14. The Morgan fingerprint density at radius 1 is 0.222 bits per heavy atom. The average Bonchev–Trinajstić information content (AvgIpc) is 3.41. The summed E-state index contributed by atoms with van der Waals surface area (Å²) < 4.78 is 31.9. The van der Waals surface area contributed by atoms with Crippen LogP contribution in [-0.4, -0.2) is 78.1 Å². The fraction of sp³-hybridized carbons (Fsp3) is 0.111. The first-order valence-electron chi connectivity index (χ1n) is 21.8. The summed E-state index contributed by atoms with van der Waals surface area (Å²) in [6.07, 6.45) is 0. The van der Waals surface area contributed by atoms with E-state index < -0.39 is 68.8 Å². The third-order valence-electron chi connectivity index (χ3n) is 10.9. The molecule has 0 saturated carbocycles. The van der Waals surface area contributed by atoms with E-state index in [0.29, 0.717) is 34.5 Å². The number of nitrogens with one attached hydrogen (secondary N) is 6. The summed E-state index contributed by atoms with van der Waals surface area (Å²) in [7, 11) is 8.74. The molecule has 0 bridgehead atoms. The second-order valence-corrected chi connectivity index (χ2v) is 15.3. The highest BCUT2D eigenvalue weighted by Gasteiger charge is 2.41. The maximum absolute atomic E-state index is 15.4. The Morgan fingerprint density at radius 3 is 0.431 bits per heavy atom. The predicted octanol–water partition coefficient (Wildman–Crippen LogP) is 9.25. The molecule has 0 fully saturated rings. The average molecular weight is 973 g/mol. The van der Waals surface area contributed by atoms with Crippen molar-refractivity contribution >= 4 is 69.6 Å². The third-order valence-corrected chi connectivity index (χ3v) is 10.9. The topological polar surface area (TPSA) is 230 Å². The van der Waals surface area contributed by atoms with Gasteiger partial charge in [0.1, 0.15) is 34.5 Å². The normalized spacial score (nSPS) is 10.4. The van der Waals surface area contributed by atoms with Crippen LogP contribution in [0.2, 0.25) is 0 Å². The van der Waals surface area contributed by atoms with Crippen molar-refractivity contribution in [3.8, 4) is 34.5 Å². The molecule has 0 unspecified atom stereocenters. The molecule has 0 aliphatic carbocycles. The van der Waals surface area contributed by atoms with Gasteiger partial charge in [-0.1, -0.05) is 0 Å². The van der Waals surface area contributed by atoms with E-state index in [2.05, 4.69) is 31.9 Å². The molecule has 366 valence electrons. The largest absolute Gasteiger partial charge is 0.497 e. The van der Waals surface area contributed by atoms with E-state index in [1.54, 1.807) is 72.8 Å². The summed E-state index contributed by atoms with van der Waals surface area (Å²) in [6.45, 7) is 0. The van der Waals surface area contributed by atoms with Crippen molar-refractivity contribution in [2.75, 3.05) is 74.6 Å². The Balaban J connectivity index is 1.60. The van der Waals surface area contributed by atoms with Crippen LogP contribution in [0.15, 0.2) is 146 Å². The number of amides is 6. The van der Waals surface area contributed by atoms with Gasteiger partial charge < -0.3 is 60.3 Å². The molecule has 0 radical (unpaired) electrons. The van der Waals surface area contributed by atoms with Gasteiger partial charge in [0.15, 0.2) is 0 Å². The number of benzene rings is 7. The summed E-state index contributed by atoms with van der Waals surface area (Å²) in [4.78, 5) is 92.4. The molecule has 7 aromatic rings. The molecule has 0 saturated heterocycles. The van der Waals surface area contributed by atoms with Crippen LogP contribution in [0, 0.1) is 0 Å². The van der Waals surface area contributed by atoms with Crippen LogP contribution in [0.3, 0.4) is 0 Å². The van der Waals surface area contributed by atoms with Crippen LogP contribution in [0.5, 0.6) is 34.5 Å². The van der Waals surface area contributed by atoms with Crippen molar-refractivity contribution < 1.29 is 57.2 Å². The number of hydrogen-bond donors (Lipinski definition) is 6. The second-order valence-electron chi connectivity index (χ2n) is 15.3. The van der Waals surface area contributed by atoms with Crippen molar-refractivity contribution in [2.45, 2.75) is 0 Å². The summed E-state index contributed by atoms with van der Waals surface area (Å²) >= 11 is 0. The first-order chi connectivity index (χ1) is 34.9. The van der Waals surface area contributed by atoms with Crippen molar-refractivity contribution in [1.29, 1.82) is 0 Å². The van der Waals surface area contributed by atoms with E-state index in [0.717, 1.165) is 0 Å². The Labute approximate surface area is 413 Å². The minimum Gasteiger partial charge on any atom is -0.497 e. The fourth-order valence-corrected chi connectivity index (χ4v) is 7.32. The third kappa shape index (κ3) is 11.7. The molecule has 0 aliphatic heterocycles. The molecule has 0 aromatic heterocycles. The Kier molecular flexibility index (Phi) is 16.0. The van der Waals surface area contributed by atoms with Gasteiger partial charge in [0.25, 0.3) is 35.4 Å². The molecule has 18 heteroatoms. The number of anilines is 6. The van der Waals surface area contributed by atoms with E-state index in [4.69, 9.17) is 28.4 Å². The molecule has 18 nitrogen and oxygen atoms in total. The van der Waals surface area contributed by atoms with Crippen molar-refractivity contribution in [1.82, 2.24) is 0 Å². The maximum atomic E-state index is 15.4. The highest BCUT2D eigenvalue weighted by Crippen LogP contribution is 2.35. The monoisotopic (exact) mass is 972 g/mol. The Hall–Kier alpha value is -9.84.